The Morgan fingerprint density at radius 2 is 2.31 bits per heavy atom. The summed E-state index contributed by atoms with van der Waals surface area (Å²) in [6.45, 7) is 1.85. The molecule has 4 heteroatoms. The Labute approximate surface area is 100 Å². The van der Waals surface area contributed by atoms with Gasteiger partial charge in [-0.1, -0.05) is 29.8 Å². The van der Waals surface area contributed by atoms with Crippen LogP contribution < -0.4 is 10.6 Å². The van der Waals surface area contributed by atoms with Crippen molar-refractivity contribution >= 4 is 17.5 Å². The van der Waals surface area contributed by atoms with Gasteiger partial charge in [0.15, 0.2) is 0 Å². The molecule has 0 bridgehead atoms. The van der Waals surface area contributed by atoms with Gasteiger partial charge >= 0.3 is 0 Å². The van der Waals surface area contributed by atoms with Gasteiger partial charge in [0, 0.05) is 17.6 Å². The number of carbonyl (C=O) groups excluding carboxylic acids is 1. The fraction of sp³-hybridized carbons (Fsp3) is 0.417. The van der Waals surface area contributed by atoms with Gasteiger partial charge in [0.05, 0.1) is 6.42 Å². The largest absolute Gasteiger partial charge is 0.352 e. The van der Waals surface area contributed by atoms with Crippen LogP contribution in [0.15, 0.2) is 24.3 Å². The molecule has 1 fully saturated rings. The highest BCUT2D eigenvalue weighted by molar-refractivity contribution is 6.31. The molecule has 1 aromatic rings. The Morgan fingerprint density at radius 1 is 1.50 bits per heavy atom. The normalized spacial score (nSPS) is 19.7. The Hall–Kier alpha value is -1.06. The van der Waals surface area contributed by atoms with Crippen LogP contribution in [0.25, 0.3) is 0 Å². The van der Waals surface area contributed by atoms with E-state index in [1.165, 1.54) is 0 Å². The molecule has 0 aromatic heterocycles. The molecule has 0 aliphatic carbocycles. The first kappa shape index (κ1) is 11.4. The molecule has 0 spiro atoms. The Balaban J connectivity index is 1.89. The molecule has 1 heterocycles. The summed E-state index contributed by atoms with van der Waals surface area (Å²) in [5.74, 6) is 0.0433. The number of rotatable bonds is 3. The first-order chi connectivity index (χ1) is 7.75. The fourth-order valence-electron chi connectivity index (χ4n) is 1.87. The standard InChI is InChI=1S/C12H15ClN2O/c13-11-4-2-1-3-9(11)7-12(16)15-10-5-6-14-8-10/h1-4,10,14H,5-8H2,(H,15,16). The van der Waals surface area contributed by atoms with Gasteiger partial charge in [0.1, 0.15) is 0 Å². The van der Waals surface area contributed by atoms with Crippen LogP contribution in [0, 0.1) is 0 Å². The first-order valence-electron chi connectivity index (χ1n) is 5.49. The van der Waals surface area contributed by atoms with Crippen LogP contribution in [0.4, 0.5) is 0 Å². The molecule has 2 N–H and O–H groups in total. The molecule has 1 atom stereocenters. The minimum Gasteiger partial charge on any atom is -0.352 e. The van der Waals surface area contributed by atoms with Gasteiger partial charge in [0.25, 0.3) is 0 Å². The zero-order valence-electron chi connectivity index (χ0n) is 9.00. The van der Waals surface area contributed by atoms with E-state index in [4.69, 9.17) is 11.6 Å². The van der Waals surface area contributed by atoms with Crippen LogP contribution in [-0.2, 0) is 11.2 Å². The molecule has 1 amide bonds. The van der Waals surface area contributed by atoms with Crippen LogP contribution in [0.3, 0.4) is 0 Å². The van der Waals surface area contributed by atoms with E-state index in [1.807, 2.05) is 18.2 Å². The van der Waals surface area contributed by atoms with Gasteiger partial charge < -0.3 is 10.6 Å². The van der Waals surface area contributed by atoms with Crippen molar-refractivity contribution in [3.05, 3.63) is 34.9 Å². The third kappa shape index (κ3) is 2.97. The van der Waals surface area contributed by atoms with E-state index < -0.39 is 0 Å². The number of hydrogen-bond donors (Lipinski definition) is 2. The summed E-state index contributed by atoms with van der Waals surface area (Å²) in [6, 6.07) is 7.72. The molecule has 3 nitrogen and oxygen atoms in total. The molecule has 86 valence electrons. The van der Waals surface area contributed by atoms with E-state index in [0.717, 1.165) is 25.1 Å². The lowest BCUT2D eigenvalue weighted by Crippen LogP contribution is -2.37. The highest BCUT2D eigenvalue weighted by Gasteiger charge is 2.16. The smallest absolute Gasteiger partial charge is 0.224 e. The van der Waals surface area contributed by atoms with Crippen molar-refractivity contribution in [3.63, 3.8) is 0 Å². The minimum atomic E-state index is 0.0433. The number of carbonyl (C=O) groups is 1. The van der Waals surface area contributed by atoms with Gasteiger partial charge in [0.2, 0.25) is 5.91 Å². The van der Waals surface area contributed by atoms with Crippen molar-refractivity contribution < 1.29 is 4.79 Å². The van der Waals surface area contributed by atoms with Crippen molar-refractivity contribution in [1.82, 2.24) is 10.6 Å². The molecule has 1 saturated heterocycles. The SMILES string of the molecule is O=C(Cc1ccccc1Cl)NC1CCNC1. The van der Waals surface area contributed by atoms with Crippen molar-refractivity contribution in [2.24, 2.45) is 0 Å². The number of amides is 1. The Bertz CT molecular complexity index is 375. The Morgan fingerprint density at radius 3 is 3.00 bits per heavy atom. The maximum Gasteiger partial charge on any atom is 0.224 e. The van der Waals surface area contributed by atoms with Crippen LogP contribution in [-0.4, -0.2) is 25.0 Å². The van der Waals surface area contributed by atoms with Gasteiger partial charge in [-0.05, 0) is 24.6 Å². The molecule has 0 saturated carbocycles. The van der Waals surface area contributed by atoms with Gasteiger partial charge in [-0.3, -0.25) is 4.79 Å². The summed E-state index contributed by atoms with van der Waals surface area (Å²) in [5.41, 5.74) is 0.882. The van der Waals surface area contributed by atoms with Crippen LogP contribution in [0.5, 0.6) is 0 Å². The zero-order valence-corrected chi connectivity index (χ0v) is 9.76. The third-order valence-electron chi connectivity index (χ3n) is 2.73. The maximum atomic E-state index is 11.7. The molecule has 1 aliphatic rings. The summed E-state index contributed by atoms with van der Waals surface area (Å²) in [7, 11) is 0. The lowest BCUT2D eigenvalue weighted by Gasteiger charge is -2.11. The van der Waals surface area contributed by atoms with E-state index in [9.17, 15) is 4.79 Å². The van der Waals surface area contributed by atoms with E-state index in [1.54, 1.807) is 6.07 Å². The van der Waals surface area contributed by atoms with E-state index >= 15 is 0 Å². The maximum absolute atomic E-state index is 11.7. The summed E-state index contributed by atoms with van der Waals surface area (Å²) >= 11 is 5.99. The minimum absolute atomic E-state index is 0.0433. The first-order valence-corrected chi connectivity index (χ1v) is 5.87. The molecule has 1 unspecified atom stereocenters. The lowest BCUT2D eigenvalue weighted by molar-refractivity contribution is -0.121. The molecule has 16 heavy (non-hydrogen) atoms. The molecule has 1 aromatic carbocycles. The van der Waals surface area contributed by atoms with Gasteiger partial charge in [-0.25, -0.2) is 0 Å². The number of hydrogen-bond acceptors (Lipinski definition) is 2. The second-order valence-corrected chi connectivity index (χ2v) is 4.43. The van der Waals surface area contributed by atoms with Crippen molar-refractivity contribution in [2.75, 3.05) is 13.1 Å². The molecular formula is C12H15ClN2O. The number of benzene rings is 1. The topological polar surface area (TPSA) is 41.1 Å². The quantitative estimate of drug-likeness (QED) is 0.835. The van der Waals surface area contributed by atoms with Crippen molar-refractivity contribution in [3.8, 4) is 0 Å². The average molecular weight is 239 g/mol. The van der Waals surface area contributed by atoms with Crippen LogP contribution in [0.1, 0.15) is 12.0 Å². The summed E-state index contributed by atoms with van der Waals surface area (Å²) in [6.07, 6.45) is 1.37. The van der Waals surface area contributed by atoms with E-state index in [0.29, 0.717) is 11.4 Å². The van der Waals surface area contributed by atoms with Crippen LogP contribution >= 0.6 is 11.6 Å². The number of halogens is 1. The third-order valence-corrected chi connectivity index (χ3v) is 3.10. The monoisotopic (exact) mass is 238 g/mol. The molecule has 2 rings (SSSR count). The highest BCUT2D eigenvalue weighted by Crippen LogP contribution is 2.15. The molecule has 0 radical (unpaired) electrons. The van der Waals surface area contributed by atoms with Crippen molar-refractivity contribution in [2.45, 2.75) is 18.9 Å². The summed E-state index contributed by atoms with van der Waals surface area (Å²) < 4.78 is 0. The Kier molecular flexibility index (Phi) is 3.80. The van der Waals surface area contributed by atoms with Crippen molar-refractivity contribution in [1.29, 1.82) is 0 Å². The van der Waals surface area contributed by atoms with Gasteiger partial charge in [-0.2, -0.15) is 0 Å². The molecular weight excluding hydrogens is 224 g/mol. The van der Waals surface area contributed by atoms with E-state index in [-0.39, 0.29) is 11.9 Å². The number of nitrogens with one attached hydrogen (secondary N) is 2. The fourth-order valence-corrected chi connectivity index (χ4v) is 2.07. The van der Waals surface area contributed by atoms with Gasteiger partial charge in [-0.15, -0.1) is 0 Å². The zero-order chi connectivity index (χ0) is 11.4. The van der Waals surface area contributed by atoms with E-state index in [2.05, 4.69) is 10.6 Å². The lowest BCUT2D eigenvalue weighted by atomic mass is 10.1. The van der Waals surface area contributed by atoms with Crippen LogP contribution in [0.2, 0.25) is 5.02 Å². The highest BCUT2D eigenvalue weighted by atomic mass is 35.5. The second-order valence-electron chi connectivity index (χ2n) is 4.03. The second kappa shape index (κ2) is 5.32. The summed E-state index contributed by atoms with van der Waals surface area (Å²) in [4.78, 5) is 11.7. The summed E-state index contributed by atoms with van der Waals surface area (Å²) in [5, 5.41) is 6.86. The molecule has 1 aliphatic heterocycles. The predicted octanol–water partition coefficient (Wildman–Crippen LogP) is 1.36. The average Bonchev–Trinajstić information content (AvgIpc) is 2.74. The predicted molar refractivity (Wildman–Crippen MR) is 64.6 cm³/mol.